The van der Waals surface area contributed by atoms with E-state index in [1.165, 1.54) is 6.21 Å². The molecular formula is C28H24N4O2. The van der Waals surface area contributed by atoms with Gasteiger partial charge in [0.2, 0.25) is 0 Å². The lowest BCUT2D eigenvalue weighted by atomic mass is 9.86. The Balaban J connectivity index is 1.49. The molecule has 2 heterocycles. The number of amides is 2. The summed E-state index contributed by atoms with van der Waals surface area (Å²) in [6, 6.07) is 16.4. The van der Waals surface area contributed by atoms with E-state index in [2.05, 4.69) is 28.6 Å². The maximum Gasteiger partial charge on any atom is 0.256 e. The molecule has 2 unspecified atom stereocenters. The number of allylic oxidation sites excluding steroid dienone is 2. The van der Waals surface area contributed by atoms with E-state index in [0.29, 0.717) is 16.7 Å². The highest BCUT2D eigenvalue weighted by atomic mass is 16.2. The second-order valence-corrected chi connectivity index (χ2v) is 8.48. The molecule has 168 valence electrons. The Labute approximate surface area is 197 Å². The fraction of sp³-hybridized carbons (Fsp3) is 0.107. The number of H-pyrrole nitrogens is 1. The van der Waals surface area contributed by atoms with Crippen molar-refractivity contribution in [3.05, 3.63) is 107 Å². The first kappa shape index (κ1) is 21.4. The summed E-state index contributed by atoms with van der Waals surface area (Å²) >= 11 is 0. The topological polar surface area (TPSA) is 97.8 Å². The Bertz CT molecular complexity index is 1380. The van der Waals surface area contributed by atoms with Gasteiger partial charge in [0.1, 0.15) is 0 Å². The summed E-state index contributed by atoms with van der Waals surface area (Å²) in [6.07, 6.45) is 11.1. The molecule has 0 bridgehead atoms. The normalized spacial score (nSPS) is 20.0. The third kappa shape index (κ3) is 4.01. The van der Waals surface area contributed by atoms with Crippen molar-refractivity contribution in [3.8, 4) is 0 Å². The van der Waals surface area contributed by atoms with Crippen molar-refractivity contribution in [1.29, 1.82) is 5.41 Å². The van der Waals surface area contributed by atoms with E-state index in [9.17, 15) is 9.59 Å². The maximum absolute atomic E-state index is 12.9. The van der Waals surface area contributed by atoms with Crippen LogP contribution < -0.4 is 10.6 Å². The van der Waals surface area contributed by atoms with Crippen LogP contribution >= 0.6 is 0 Å². The molecule has 2 aromatic carbocycles. The van der Waals surface area contributed by atoms with Gasteiger partial charge in [-0.15, -0.1) is 0 Å². The molecule has 6 heteroatoms. The third-order valence-electron chi connectivity index (χ3n) is 6.18. The molecule has 2 atom stereocenters. The minimum Gasteiger partial charge on any atom is -0.362 e. The molecule has 1 aromatic heterocycles. The quantitative estimate of drug-likeness (QED) is 0.330. The summed E-state index contributed by atoms with van der Waals surface area (Å²) in [5, 5.41) is 13.5. The van der Waals surface area contributed by atoms with Gasteiger partial charge in [0.15, 0.2) is 0 Å². The summed E-state index contributed by atoms with van der Waals surface area (Å²) in [5.74, 6) is -0.222. The van der Waals surface area contributed by atoms with E-state index in [1.54, 1.807) is 24.3 Å². The molecule has 1 aliphatic heterocycles. The molecule has 4 N–H and O–H groups in total. The van der Waals surface area contributed by atoms with Crippen molar-refractivity contribution >= 4 is 40.9 Å². The number of rotatable bonds is 5. The lowest BCUT2D eigenvalue weighted by Gasteiger charge is -2.25. The predicted octanol–water partition coefficient (Wildman–Crippen LogP) is 4.89. The van der Waals surface area contributed by atoms with Crippen LogP contribution in [-0.4, -0.2) is 29.1 Å². The summed E-state index contributed by atoms with van der Waals surface area (Å²) in [7, 11) is 0. The molecule has 0 fully saturated rings. The monoisotopic (exact) mass is 448 g/mol. The molecule has 0 saturated heterocycles. The number of hydrogen-bond acceptors (Lipinski definition) is 3. The van der Waals surface area contributed by atoms with E-state index in [4.69, 9.17) is 5.41 Å². The molecule has 2 aliphatic rings. The average Bonchev–Trinajstić information content (AvgIpc) is 3.48. The van der Waals surface area contributed by atoms with Crippen LogP contribution in [0.25, 0.3) is 17.2 Å². The van der Waals surface area contributed by atoms with Crippen molar-refractivity contribution in [2.75, 3.05) is 5.32 Å². The van der Waals surface area contributed by atoms with Gasteiger partial charge in [-0.1, -0.05) is 49.4 Å². The minimum absolute atomic E-state index is 0.101. The highest BCUT2D eigenvalue weighted by Gasteiger charge is 2.29. The number of nitrogens with one attached hydrogen (secondary N) is 4. The molecule has 0 saturated carbocycles. The van der Waals surface area contributed by atoms with Crippen LogP contribution in [-0.2, 0) is 4.79 Å². The van der Waals surface area contributed by atoms with Crippen molar-refractivity contribution in [3.63, 3.8) is 0 Å². The number of aromatic nitrogens is 1. The SMILES string of the molecule is CC1C=CC(c2cccc3c2/C(=C/c2ccc[nH]2)C(=O)N3)=CC1NC(=O)c1cccc(C=N)c1. The second-order valence-electron chi connectivity index (χ2n) is 8.48. The summed E-state index contributed by atoms with van der Waals surface area (Å²) in [6.45, 7) is 2.06. The first-order valence-electron chi connectivity index (χ1n) is 11.1. The minimum atomic E-state index is -0.215. The fourth-order valence-electron chi connectivity index (χ4n) is 4.35. The van der Waals surface area contributed by atoms with Gasteiger partial charge < -0.3 is 21.0 Å². The zero-order valence-corrected chi connectivity index (χ0v) is 18.6. The van der Waals surface area contributed by atoms with Crippen molar-refractivity contribution in [2.24, 2.45) is 5.92 Å². The lowest BCUT2D eigenvalue weighted by molar-refractivity contribution is -0.110. The van der Waals surface area contributed by atoms with Crippen LogP contribution in [0, 0.1) is 11.3 Å². The average molecular weight is 449 g/mol. The molecule has 2 amide bonds. The molecule has 5 rings (SSSR count). The van der Waals surface area contributed by atoms with Crippen molar-refractivity contribution in [1.82, 2.24) is 10.3 Å². The molecule has 34 heavy (non-hydrogen) atoms. The lowest BCUT2D eigenvalue weighted by Crippen LogP contribution is -2.38. The first-order chi connectivity index (χ1) is 16.5. The summed E-state index contributed by atoms with van der Waals surface area (Å²) < 4.78 is 0. The van der Waals surface area contributed by atoms with Gasteiger partial charge in [-0.3, -0.25) is 9.59 Å². The van der Waals surface area contributed by atoms with E-state index < -0.39 is 0 Å². The predicted molar refractivity (Wildman–Crippen MR) is 136 cm³/mol. The van der Waals surface area contributed by atoms with Gasteiger partial charge in [-0.25, -0.2) is 0 Å². The number of carbonyl (C=O) groups excluding carboxylic acids is 2. The van der Waals surface area contributed by atoms with Crippen LogP contribution in [0.3, 0.4) is 0 Å². The van der Waals surface area contributed by atoms with E-state index in [-0.39, 0.29) is 23.8 Å². The number of aromatic amines is 1. The van der Waals surface area contributed by atoms with Crippen molar-refractivity contribution in [2.45, 2.75) is 13.0 Å². The highest BCUT2D eigenvalue weighted by molar-refractivity contribution is 6.35. The third-order valence-corrected chi connectivity index (χ3v) is 6.18. The number of hydrogen-bond donors (Lipinski definition) is 4. The van der Waals surface area contributed by atoms with E-state index in [0.717, 1.165) is 28.1 Å². The van der Waals surface area contributed by atoms with Crippen LogP contribution in [0.5, 0.6) is 0 Å². The number of benzene rings is 2. The van der Waals surface area contributed by atoms with Gasteiger partial charge in [-0.2, -0.15) is 0 Å². The second kappa shape index (κ2) is 8.83. The highest BCUT2D eigenvalue weighted by Crippen LogP contribution is 2.40. The molecule has 1 aliphatic carbocycles. The van der Waals surface area contributed by atoms with Crippen molar-refractivity contribution < 1.29 is 9.59 Å². The summed E-state index contributed by atoms with van der Waals surface area (Å²) in [4.78, 5) is 28.8. The Morgan fingerprint density at radius 1 is 1.12 bits per heavy atom. The van der Waals surface area contributed by atoms with Gasteiger partial charge in [0.25, 0.3) is 11.8 Å². The molecule has 3 aromatic rings. The van der Waals surface area contributed by atoms with Crippen LogP contribution in [0.4, 0.5) is 5.69 Å². The summed E-state index contributed by atoms with van der Waals surface area (Å²) in [5.41, 5.74) is 6.16. The fourth-order valence-corrected chi connectivity index (χ4v) is 4.35. The van der Waals surface area contributed by atoms with Crippen LogP contribution in [0.15, 0.2) is 79.0 Å². The number of anilines is 1. The van der Waals surface area contributed by atoms with E-state index in [1.807, 2.05) is 54.8 Å². The molecule has 0 spiro atoms. The van der Waals surface area contributed by atoms with Gasteiger partial charge in [0.05, 0.1) is 11.6 Å². The Morgan fingerprint density at radius 3 is 2.76 bits per heavy atom. The molecule has 6 nitrogen and oxygen atoms in total. The maximum atomic E-state index is 12.9. The van der Waals surface area contributed by atoms with Gasteiger partial charge in [-0.05, 0) is 59.0 Å². The Kier molecular flexibility index (Phi) is 5.55. The zero-order chi connectivity index (χ0) is 23.7. The van der Waals surface area contributed by atoms with E-state index >= 15 is 0 Å². The Morgan fingerprint density at radius 2 is 1.97 bits per heavy atom. The molecular weight excluding hydrogens is 424 g/mol. The van der Waals surface area contributed by atoms with Crippen LogP contribution in [0.2, 0.25) is 0 Å². The standard InChI is InChI=1S/C28H24N4O2/c1-17-10-11-19(14-25(17)32-27(33)20-6-2-5-18(13-20)16-29)22-8-3-9-24-26(22)23(28(34)31-24)15-21-7-4-12-30-21/h2-17,25,29-30H,1H3,(H,31,34)(H,32,33)/b23-15-,29-16?. The van der Waals surface area contributed by atoms with Gasteiger partial charge in [0, 0.05) is 34.9 Å². The zero-order valence-electron chi connectivity index (χ0n) is 18.6. The van der Waals surface area contributed by atoms with Gasteiger partial charge >= 0.3 is 0 Å². The smallest absolute Gasteiger partial charge is 0.256 e. The first-order valence-corrected chi connectivity index (χ1v) is 11.1. The number of fused-ring (bicyclic) bond motifs is 1. The number of carbonyl (C=O) groups is 2. The largest absolute Gasteiger partial charge is 0.362 e. The van der Waals surface area contributed by atoms with Crippen LogP contribution in [0.1, 0.15) is 39.7 Å². The Hall–Kier alpha value is -4.45. The molecule has 0 radical (unpaired) electrons.